The Morgan fingerprint density at radius 3 is 2.04 bits per heavy atom. The average molecular weight is 466 g/mol. The molecular weight excluding hydrogens is 450 g/mol. The van der Waals surface area contributed by atoms with Crippen LogP contribution in [0, 0.1) is 3.57 Å². The first-order valence-electron chi connectivity index (χ1n) is 7.29. The van der Waals surface area contributed by atoms with Crippen molar-refractivity contribution < 1.29 is 48.0 Å². The van der Waals surface area contributed by atoms with Gasteiger partial charge in [-0.1, -0.05) is 36.4 Å². The van der Waals surface area contributed by atoms with Crippen molar-refractivity contribution in [1.82, 2.24) is 0 Å². The van der Waals surface area contributed by atoms with E-state index in [2.05, 4.69) is 34.4 Å². The van der Waals surface area contributed by atoms with Crippen molar-refractivity contribution in [2.45, 2.75) is 6.42 Å². The van der Waals surface area contributed by atoms with Crippen molar-refractivity contribution in [1.29, 1.82) is 0 Å². The second-order valence-electron chi connectivity index (χ2n) is 4.55. The molecule has 0 heterocycles. The van der Waals surface area contributed by atoms with Gasteiger partial charge in [0.05, 0.1) is 12.2 Å². The van der Waals surface area contributed by atoms with E-state index in [4.69, 9.17) is 4.74 Å². The highest BCUT2D eigenvalue weighted by molar-refractivity contribution is 6.50. The van der Waals surface area contributed by atoms with Gasteiger partial charge in [0.1, 0.15) is 0 Å². The zero-order chi connectivity index (χ0) is 18.5. The highest BCUT2D eigenvalue weighted by Gasteiger charge is 2.20. The lowest BCUT2D eigenvalue weighted by Gasteiger charge is -2.01. The van der Waals surface area contributed by atoms with Gasteiger partial charge in [-0.2, -0.15) is 0 Å². The summed E-state index contributed by atoms with van der Waals surface area (Å²) in [5.41, 5.74) is 0.605. The molecule has 2 aromatic rings. The smallest absolute Gasteiger partial charge is 0.462 e. The van der Waals surface area contributed by atoms with Gasteiger partial charge in [-0.3, -0.25) is 0 Å². The predicted molar refractivity (Wildman–Crippen MR) is 85.8 cm³/mol. The van der Waals surface area contributed by atoms with Crippen LogP contribution < -0.4 is 21.2 Å². The largest absolute Gasteiger partial charge is 0.673 e. The summed E-state index contributed by atoms with van der Waals surface area (Å²) in [6, 6.07) is 19.5. The maximum Gasteiger partial charge on any atom is 0.673 e. The maximum absolute atomic E-state index is 11.7. The molecule has 2 nitrogen and oxygen atoms in total. The van der Waals surface area contributed by atoms with Crippen LogP contribution in [0.4, 0.5) is 17.3 Å². The van der Waals surface area contributed by atoms with E-state index in [1.165, 1.54) is 3.57 Å². The minimum Gasteiger partial charge on any atom is -0.462 e. The fourth-order valence-corrected chi connectivity index (χ4v) is 3.40. The van der Waals surface area contributed by atoms with Crippen LogP contribution in [0.15, 0.2) is 70.8 Å². The minimum atomic E-state index is -6.00. The first-order valence-corrected chi connectivity index (χ1v) is 9.61. The van der Waals surface area contributed by atoms with Crippen molar-refractivity contribution in [3.8, 4) is 0 Å². The van der Waals surface area contributed by atoms with Crippen molar-refractivity contribution in [3.63, 3.8) is 0 Å². The third kappa shape index (κ3) is 12.2. The number of rotatable bonds is 6. The topological polar surface area (TPSA) is 26.3 Å². The maximum atomic E-state index is 11.7. The monoisotopic (exact) mass is 466 g/mol. The van der Waals surface area contributed by atoms with Crippen LogP contribution in [0.2, 0.25) is 0 Å². The normalized spacial score (nSPS) is 10.9. The molecular formula is C17H16BF4IO2. The van der Waals surface area contributed by atoms with Gasteiger partial charge in [0.2, 0.25) is 0 Å². The Bertz CT molecular complexity index is 643. The van der Waals surface area contributed by atoms with Crippen LogP contribution in [0.1, 0.15) is 16.8 Å². The van der Waals surface area contributed by atoms with Gasteiger partial charge in [-0.05, 0) is 30.3 Å². The van der Waals surface area contributed by atoms with Gasteiger partial charge in [-0.15, -0.1) is 0 Å². The molecule has 0 aromatic heterocycles. The van der Waals surface area contributed by atoms with Crippen LogP contribution in [0.3, 0.4) is 0 Å². The van der Waals surface area contributed by atoms with E-state index < -0.39 is 7.25 Å². The molecule has 2 rings (SSSR count). The number of esters is 1. The summed E-state index contributed by atoms with van der Waals surface area (Å²) in [5, 5.41) is 0. The summed E-state index contributed by atoms with van der Waals surface area (Å²) in [6.45, 7) is 0.433. The molecule has 0 aliphatic carbocycles. The Balaban J connectivity index is 0.000000550. The number of benzene rings is 2. The van der Waals surface area contributed by atoms with E-state index in [9.17, 15) is 22.1 Å². The molecule has 0 saturated heterocycles. The van der Waals surface area contributed by atoms with Crippen molar-refractivity contribution in [2.75, 3.05) is 6.61 Å². The molecule has 0 bridgehead atoms. The number of hydrogen-bond donors (Lipinski definition) is 0. The van der Waals surface area contributed by atoms with E-state index in [-0.39, 0.29) is 27.2 Å². The van der Waals surface area contributed by atoms with Gasteiger partial charge in [0.25, 0.3) is 0 Å². The highest BCUT2D eigenvalue weighted by atomic mass is 127. The molecule has 2 aromatic carbocycles. The highest BCUT2D eigenvalue weighted by Crippen LogP contribution is 2.06. The molecule has 134 valence electrons. The quantitative estimate of drug-likeness (QED) is 0.214. The van der Waals surface area contributed by atoms with E-state index >= 15 is 0 Å². The Morgan fingerprint density at radius 1 is 0.960 bits per heavy atom. The predicted octanol–water partition coefficient (Wildman–Crippen LogP) is 2.01. The number of ether oxygens (including phenoxy) is 1. The zero-order valence-electron chi connectivity index (χ0n) is 13.1. The van der Waals surface area contributed by atoms with Gasteiger partial charge in [0.15, 0.2) is 7.65 Å². The third-order valence-corrected chi connectivity index (χ3v) is 4.84. The van der Waals surface area contributed by atoms with Gasteiger partial charge >= 0.3 is 34.4 Å². The van der Waals surface area contributed by atoms with Gasteiger partial charge in [-0.25, -0.2) is 4.79 Å². The fourth-order valence-electron chi connectivity index (χ4n) is 1.54. The van der Waals surface area contributed by atoms with Gasteiger partial charge in [0, 0.05) is 6.42 Å². The van der Waals surface area contributed by atoms with Crippen molar-refractivity contribution in [2.24, 2.45) is 0 Å². The molecule has 25 heavy (non-hydrogen) atoms. The zero-order valence-corrected chi connectivity index (χ0v) is 15.3. The average Bonchev–Trinajstić information content (AvgIpc) is 2.58. The second-order valence-corrected chi connectivity index (χ2v) is 7.14. The Labute approximate surface area is 154 Å². The standard InChI is InChI=1S/C17H16IO2.BF4/c19-17(15-9-3-1-4-10-15)20-14-8-7-13-18-16-11-5-2-6-12-16;2-1(3,4)5/h1-7,9-13H,8,14H2;/q+1;-1/b13-7+;. The first-order chi connectivity index (χ1) is 11.9. The summed E-state index contributed by atoms with van der Waals surface area (Å²) in [4.78, 5) is 11.7. The van der Waals surface area contributed by atoms with Crippen LogP contribution in [0.5, 0.6) is 0 Å². The summed E-state index contributed by atoms with van der Waals surface area (Å²) in [5.74, 6) is -0.253. The number of halogens is 5. The summed E-state index contributed by atoms with van der Waals surface area (Å²) in [6.07, 6.45) is 2.86. The Kier molecular flexibility index (Phi) is 9.90. The van der Waals surface area contributed by atoms with E-state index in [0.717, 1.165) is 6.42 Å². The molecule has 0 radical (unpaired) electrons. The van der Waals surface area contributed by atoms with Gasteiger partial charge < -0.3 is 22.0 Å². The van der Waals surface area contributed by atoms with Crippen LogP contribution in [-0.4, -0.2) is 19.8 Å². The molecule has 0 saturated carbocycles. The lowest BCUT2D eigenvalue weighted by Crippen LogP contribution is -3.59. The molecule has 0 amide bonds. The fraction of sp³-hybridized carbons (Fsp3) is 0.118. The minimum absolute atomic E-state index is 0.0724. The van der Waals surface area contributed by atoms with E-state index in [0.29, 0.717) is 12.2 Å². The van der Waals surface area contributed by atoms with Crippen LogP contribution >= 0.6 is 0 Å². The number of hydrogen-bond acceptors (Lipinski definition) is 2. The van der Waals surface area contributed by atoms with Crippen molar-refractivity contribution >= 4 is 13.2 Å². The Hall–Kier alpha value is -1.84. The summed E-state index contributed by atoms with van der Waals surface area (Å²) in [7, 11) is -6.00. The molecule has 0 fully saturated rings. The lowest BCUT2D eigenvalue weighted by atomic mass is 10.2. The summed E-state index contributed by atoms with van der Waals surface area (Å²) < 4.78 is 47.8. The number of carbonyl (C=O) groups is 1. The molecule has 0 spiro atoms. The SMILES string of the molecule is F[B-](F)(F)F.O=C(OCC/C=C/[I+]c1ccccc1)c1ccccc1. The summed E-state index contributed by atoms with van der Waals surface area (Å²) >= 11 is -0.0724. The first kappa shape index (κ1) is 21.2. The Morgan fingerprint density at radius 2 is 1.48 bits per heavy atom. The molecule has 0 aliphatic heterocycles. The third-order valence-electron chi connectivity index (χ3n) is 2.54. The molecule has 8 heteroatoms. The molecule has 0 N–H and O–H groups in total. The lowest BCUT2D eigenvalue weighted by molar-refractivity contribution is -0.557. The van der Waals surface area contributed by atoms with E-state index in [1.54, 1.807) is 12.1 Å². The second kappa shape index (κ2) is 11.7. The van der Waals surface area contributed by atoms with Crippen LogP contribution in [-0.2, 0) is 4.74 Å². The van der Waals surface area contributed by atoms with Crippen molar-refractivity contribution in [3.05, 3.63) is 80.0 Å². The number of carbonyl (C=O) groups excluding carboxylic acids is 1. The molecule has 0 atom stereocenters. The molecule has 0 aliphatic rings. The van der Waals surface area contributed by atoms with Crippen LogP contribution in [0.25, 0.3) is 0 Å². The molecule has 0 unspecified atom stereocenters. The van der Waals surface area contributed by atoms with E-state index in [1.807, 2.05) is 24.3 Å².